The Hall–Kier alpha value is -1.62. The Morgan fingerprint density at radius 1 is 1.41 bits per heavy atom. The summed E-state index contributed by atoms with van der Waals surface area (Å²) in [7, 11) is 0. The van der Waals surface area contributed by atoms with Crippen LogP contribution in [0.25, 0.3) is 0 Å². The SMILES string of the molecule is CCNC(=O)N(CCCN)c1ccc(F)cc1. The van der Waals surface area contributed by atoms with Gasteiger partial charge < -0.3 is 11.1 Å². The lowest BCUT2D eigenvalue weighted by atomic mass is 10.2. The van der Waals surface area contributed by atoms with Gasteiger partial charge >= 0.3 is 6.03 Å². The van der Waals surface area contributed by atoms with Crippen molar-refractivity contribution in [2.45, 2.75) is 13.3 Å². The van der Waals surface area contributed by atoms with E-state index in [0.717, 1.165) is 0 Å². The fourth-order valence-corrected chi connectivity index (χ4v) is 1.46. The Morgan fingerprint density at radius 3 is 2.59 bits per heavy atom. The van der Waals surface area contributed by atoms with Crippen LogP contribution < -0.4 is 16.0 Å². The molecule has 4 nitrogen and oxygen atoms in total. The lowest BCUT2D eigenvalue weighted by molar-refractivity contribution is 0.246. The van der Waals surface area contributed by atoms with Gasteiger partial charge in [0, 0.05) is 18.8 Å². The third-order valence-electron chi connectivity index (χ3n) is 2.30. The Bertz CT molecular complexity index is 353. The van der Waals surface area contributed by atoms with E-state index in [1.165, 1.54) is 12.1 Å². The third kappa shape index (κ3) is 4.03. The number of hydrogen-bond acceptors (Lipinski definition) is 2. The molecule has 0 aromatic heterocycles. The summed E-state index contributed by atoms with van der Waals surface area (Å²) in [5.74, 6) is -0.316. The number of nitrogens with one attached hydrogen (secondary N) is 1. The largest absolute Gasteiger partial charge is 0.338 e. The third-order valence-corrected chi connectivity index (χ3v) is 2.30. The molecule has 2 amide bonds. The van der Waals surface area contributed by atoms with E-state index < -0.39 is 0 Å². The van der Waals surface area contributed by atoms with Gasteiger partial charge in [0.2, 0.25) is 0 Å². The Labute approximate surface area is 101 Å². The quantitative estimate of drug-likeness (QED) is 0.821. The molecule has 0 radical (unpaired) electrons. The highest BCUT2D eigenvalue weighted by Crippen LogP contribution is 2.15. The first-order chi connectivity index (χ1) is 8.19. The van der Waals surface area contributed by atoms with Crippen LogP contribution in [0.5, 0.6) is 0 Å². The van der Waals surface area contributed by atoms with Gasteiger partial charge in [-0.1, -0.05) is 0 Å². The Kier molecular flexibility index (Phi) is 5.42. The van der Waals surface area contributed by atoms with Crippen molar-refractivity contribution in [2.75, 3.05) is 24.5 Å². The highest BCUT2D eigenvalue weighted by Gasteiger charge is 2.13. The summed E-state index contributed by atoms with van der Waals surface area (Å²) < 4.78 is 12.8. The summed E-state index contributed by atoms with van der Waals surface area (Å²) in [5.41, 5.74) is 6.11. The zero-order valence-electron chi connectivity index (χ0n) is 9.95. The molecule has 0 aliphatic heterocycles. The molecule has 1 rings (SSSR count). The van der Waals surface area contributed by atoms with E-state index in [-0.39, 0.29) is 11.8 Å². The van der Waals surface area contributed by atoms with Crippen molar-refractivity contribution in [3.63, 3.8) is 0 Å². The minimum Gasteiger partial charge on any atom is -0.338 e. The average molecular weight is 239 g/mol. The van der Waals surface area contributed by atoms with E-state index in [1.54, 1.807) is 17.0 Å². The van der Waals surface area contributed by atoms with Crippen LogP contribution in [0.1, 0.15) is 13.3 Å². The number of nitrogens with two attached hydrogens (primary N) is 1. The number of hydrogen-bond donors (Lipinski definition) is 2. The number of carbonyl (C=O) groups excluding carboxylic acids is 1. The topological polar surface area (TPSA) is 58.4 Å². The molecular weight excluding hydrogens is 221 g/mol. The molecule has 0 aliphatic rings. The number of nitrogens with zero attached hydrogens (tertiary/aromatic N) is 1. The molecule has 5 heteroatoms. The lowest BCUT2D eigenvalue weighted by Gasteiger charge is -2.22. The first kappa shape index (κ1) is 13.4. The molecule has 0 saturated heterocycles. The van der Waals surface area contributed by atoms with Crippen LogP contribution in [0, 0.1) is 5.82 Å². The molecule has 0 saturated carbocycles. The molecule has 0 spiro atoms. The molecular formula is C12H18FN3O. The Morgan fingerprint density at radius 2 is 2.06 bits per heavy atom. The first-order valence-corrected chi connectivity index (χ1v) is 5.70. The van der Waals surface area contributed by atoms with E-state index in [9.17, 15) is 9.18 Å². The summed E-state index contributed by atoms with van der Waals surface area (Å²) in [5, 5.41) is 2.72. The maximum atomic E-state index is 12.8. The van der Waals surface area contributed by atoms with Crippen LogP contribution in [0.2, 0.25) is 0 Å². The average Bonchev–Trinajstić information content (AvgIpc) is 2.32. The van der Waals surface area contributed by atoms with Crippen molar-refractivity contribution < 1.29 is 9.18 Å². The molecule has 3 N–H and O–H groups in total. The van der Waals surface area contributed by atoms with Gasteiger partial charge in [-0.25, -0.2) is 9.18 Å². The van der Waals surface area contributed by atoms with Crippen LogP contribution in [0.3, 0.4) is 0 Å². The second kappa shape index (κ2) is 6.85. The van der Waals surface area contributed by atoms with Gasteiger partial charge in [0.25, 0.3) is 0 Å². The number of halogens is 1. The minimum absolute atomic E-state index is 0.187. The predicted molar refractivity (Wildman–Crippen MR) is 66.5 cm³/mol. The number of anilines is 1. The van der Waals surface area contributed by atoms with Crippen LogP contribution >= 0.6 is 0 Å². The standard InChI is InChI=1S/C12H18FN3O/c1-2-15-12(17)16(9-3-8-14)11-6-4-10(13)5-7-11/h4-7H,2-3,8-9,14H2,1H3,(H,15,17). The summed E-state index contributed by atoms with van der Waals surface area (Å²) in [6.07, 6.45) is 0.703. The second-order valence-electron chi connectivity index (χ2n) is 3.61. The van der Waals surface area contributed by atoms with Crippen molar-refractivity contribution in [3.8, 4) is 0 Å². The number of amides is 2. The summed E-state index contributed by atoms with van der Waals surface area (Å²) in [6.45, 7) is 3.44. The van der Waals surface area contributed by atoms with Crippen molar-refractivity contribution in [3.05, 3.63) is 30.1 Å². The van der Waals surface area contributed by atoms with Gasteiger partial charge in [-0.2, -0.15) is 0 Å². The normalized spacial score (nSPS) is 10.1. The highest BCUT2D eigenvalue weighted by molar-refractivity contribution is 5.91. The van der Waals surface area contributed by atoms with Gasteiger partial charge in [-0.05, 0) is 44.2 Å². The molecule has 1 aromatic carbocycles. The molecule has 0 bridgehead atoms. The predicted octanol–water partition coefficient (Wildman–Crippen LogP) is 1.71. The van der Waals surface area contributed by atoms with Gasteiger partial charge in [0.05, 0.1) is 0 Å². The fraction of sp³-hybridized carbons (Fsp3) is 0.417. The molecule has 0 atom stereocenters. The van der Waals surface area contributed by atoms with E-state index in [4.69, 9.17) is 5.73 Å². The van der Waals surface area contributed by atoms with Crippen molar-refractivity contribution in [1.82, 2.24) is 5.32 Å². The lowest BCUT2D eigenvalue weighted by Crippen LogP contribution is -2.41. The van der Waals surface area contributed by atoms with Crippen LogP contribution in [-0.4, -0.2) is 25.7 Å². The maximum Gasteiger partial charge on any atom is 0.321 e. The molecule has 0 heterocycles. The molecule has 0 unspecified atom stereocenters. The number of rotatable bonds is 5. The van der Waals surface area contributed by atoms with Crippen molar-refractivity contribution in [2.24, 2.45) is 5.73 Å². The molecule has 1 aromatic rings. The summed E-state index contributed by atoms with van der Waals surface area (Å²) >= 11 is 0. The molecule has 0 aliphatic carbocycles. The number of carbonyl (C=O) groups is 1. The highest BCUT2D eigenvalue weighted by atomic mass is 19.1. The first-order valence-electron chi connectivity index (χ1n) is 5.70. The zero-order valence-corrected chi connectivity index (χ0v) is 9.95. The van der Waals surface area contributed by atoms with Crippen LogP contribution in [0.15, 0.2) is 24.3 Å². The smallest absolute Gasteiger partial charge is 0.321 e. The number of urea groups is 1. The van der Waals surface area contributed by atoms with Gasteiger partial charge in [0.1, 0.15) is 5.82 Å². The van der Waals surface area contributed by atoms with Gasteiger partial charge in [0.15, 0.2) is 0 Å². The maximum absolute atomic E-state index is 12.8. The zero-order chi connectivity index (χ0) is 12.7. The molecule has 94 valence electrons. The summed E-state index contributed by atoms with van der Waals surface area (Å²) in [6, 6.07) is 5.66. The Balaban J connectivity index is 2.81. The van der Waals surface area contributed by atoms with Crippen LogP contribution in [-0.2, 0) is 0 Å². The van der Waals surface area contributed by atoms with Crippen LogP contribution in [0.4, 0.5) is 14.9 Å². The van der Waals surface area contributed by atoms with Crippen molar-refractivity contribution >= 4 is 11.7 Å². The molecule has 0 fully saturated rings. The van der Waals surface area contributed by atoms with Gasteiger partial charge in [-0.15, -0.1) is 0 Å². The minimum atomic E-state index is -0.316. The van der Waals surface area contributed by atoms with E-state index in [2.05, 4.69) is 5.32 Å². The van der Waals surface area contributed by atoms with E-state index >= 15 is 0 Å². The molecule has 17 heavy (non-hydrogen) atoms. The van der Waals surface area contributed by atoms with E-state index in [1.807, 2.05) is 6.92 Å². The van der Waals surface area contributed by atoms with Gasteiger partial charge in [-0.3, -0.25) is 4.90 Å². The fourth-order valence-electron chi connectivity index (χ4n) is 1.46. The van der Waals surface area contributed by atoms with E-state index in [0.29, 0.717) is 31.7 Å². The monoisotopic (exact) mass is 239 g/mol. The summed E-state index contributed by atoms with van der Waals surface area (Å²) in [4.78, 5) is 13.4. The number of benzene rings is 1. The van der Waals surface area contributed by atoms with Crippen molar-refractivity contribution in [1.29, 1.82) is 0 Å². The second-order valence-corrected chi connectivity index (χ2v) is 3.61.